The minimum Gasteiger partial charge on any atom is -0.396 e. The van der Waals surface area contributed by atoms with Gasteiger partial charge in [-0.05, 0) is 30.5 Å². The average Bonchev–Trinajstić information content (AvgIpc) is 2.78. The number of aliphatic hydroxyl groups excluding tert-OH is 2. The largest absolute Gasteiger partial charge is 0.396 e. The SMILES string of the molecule is CC1(C)OC[C@H](N(Cc2ccccc2)Cc2ccccc2)[C@@H](C[C@@H](O)[C@H](CO)N=[N+]=[N-])O1. The lowest BCUT2D eigenvalue weighted by atomic mass is 9.97. The van der Waals surface area contributed by atoms with Gasteiger partial charge in [0.15, 0.2) is 5.79 Å². The van der Waals surface area contributed by atoms with E-state index in [-0.39, 0.29) is 18.6 Å². The Kier molecular flexibility index (Phi) is 8.64. The second-order valence-electron chi connectivity index (χ2n) is 8.57. The zero-order chi connectivity index (χ0) is 23.0. The highest BCUT2D eigenvalue weighted by molar-refractivity contribution is 5.17. The maximum atomic E-state index is 10.7. The van der Waals surface area contributed by atoms with Crippen molar-refractivity contribution in [2.24, 2.45) is 5.11 Å². The summed E-state index contributed by atoms with van der Waals surface area (Å²) in [5.74, 6) is -0.806. The lowest BCUT2D eigenvalue weighted by Crippen LogP contribution is -2.57. The lowest BCUT2D eigenvalue weighted by Gasteiger charge is -2.46. The van der Waals surface area contributed by atoms with E-state index >= 15 is 0 Å². The number of rotatable bonds is 10. The highest BCUT2D eigenvalue weighted by Gasteiger charge is 2.41. The molecule has 1 aliphatic heterocycles. The normalized spacial score (nSPS) is 22.2. The molecule has 0 unspecified atom stereocenters. The van der Waals surface area contributed by atoms with Crippen molar-refractivity contribution >= 4 is 0 Å². The van der Waals surface area contributed by atoms with Gasteiger partial charge in [-0.3, -0.25) is 4.90 Å². The Morgan fingerprint density at radius 3 is 2.16 bits per heavy atom. The Morgan fingerprint density at radius 2 is 1.66 bits per heavy atom. The fourth-order valence-corrected chi connectivity index (χ4v) is 4.04. The fraction of sp³-hybridized carbons (Fsp3) is 0.500. The van der Waals surface area contributed by atoms with E-state index in [1.165, 1.54) is 0 Å². The molecule has 0 radical (unpaired) electrons. The number of hydrogen-bond donors (Lipinski definition) is 2. The minimum absolute atomic E-state index is 0.150. The molecule has 2 aromatic carbocycles. The van der Waals surface area contributed by atoms with E-state index in [0.29, 0.717) is 19.7 Å². The van der Waals surface area contributed by atoms with Gasteiger partial charge in [0, 0.05) is 24.4 Å². The molecule has 172 valence electrons. The van der Waals surface area contributed by atoms with Crippen molar-refractivity contribution in [1.82, 2.24) is 4.90 Å². The van der Waals surface area contributed by atoms with E-state index in [9.17, 15) is 10.2 Å². The number of azide groups is 1. The molecule has 4 atom stereocenters. The van der Waals surface area contributed by atoms with Crippen molar-refractivity contribution in [3.05, 3.63) is 82.2 Å². The van der Waals surface area contributed by atoms with Crippen LogP contribution >= 0.6 is 0 Å². The number of nitrogens with zero attached hydrogens (tertiary/aromatic N) is 4. The lowest BCUT2D eigenvalue weighted by molar-refractivity contribution is -0.299. The molecule has 1 saturated heterocycles. The van der Waals surface area contributed by atoms with Crippen molar-refractivity contribution in [2.45, 2.75) is 63.4 Å². The van der Waals surface area contributed by atoms with Gasteiger partial charge >= 0.3 is 0 Å². The zero-order valence-corrected chi connectivity index (χ0v) is 18.6. The Hall–Kier alpha value is -2.45. The van der Waals surface area contributed by atoms with E-state index in [1.54, 1.807) is 0 Å². The Balaban J connectivity index is 1.87. The Morgan fingerprint density at radius 1 is 1.09 bits per heavy atom. The third kappa shape index (κ3) is 6.77. The summed E-state index contributed by atoms with van der Waals surface area (Å²) < 4.78 is 12.2. The van der Waals surface area contributed by atoms with Crippen LogP contribution in [0.25, 0.3) is 10.4 Å². The molecule has 0 bridgehead atoms. The van der Waals surface area contributed by atoms with Crippen LogP contribution in [-0.4, -0.2) is 58.4 Å². The van der Waals surface area contributed by atoms with Gasteiger partial charge in [-0.25, -0.2) is 0 Å². The van der Waals surface area contributed by atoms with Gasteiger partial charge < -0.3 is 19.7 Å². The van der Waals surface area contributed by atoms with E-state index in [2.05, 4.69) is 39.2 Å². The second kappa shape index (κ2) is 11.4. The first kappa shape index (κ1) is 24.2. The maximum absolute atomic E-state index is 10.7. The van der Waals surface area contributed by atoms with Gasteiger partial charge in [-0.1, -0.05) is 65.8 Å². The van der Waals surface area contributed by atoms with E-state index in [1.807, 2.05) is 50.2 Å². The molecule has 0 aliphatic carbocycles. The molecule has 32 heavy (non-hydrogen) atoms. The first-order valence-corrected chi connectivity index (χ1v) is 10.9. The molecule has 0 spiro atoms. The zero-order valence-electron chi connectivity index (χ0n) is 18.6. The van der Waals surface area contributed by atoms with Crippen LogP contribution in [0.15, 0.2) is 65.8 Å². The molecule has 2 N–H and O–H groups in total. The van der Waals surface area contributed by atoms with E-state index < -0.39 is 24.5 Å². The second-order valence-corrected chi connectivity index (χ2v) is 8.57. The predicted octanol–water partition coefficient (Wildman–Crippen LogP) is 3.63. The van der Waals surface area contributed by atoms with Crippen LogP contribution in [0.1, 0.15) is 31.4 Å². The molecular formula is C24H32N4O4. The summed E-state index contributed by atoms with van der Waals surface area (Å²) in [6.45, 7) is 5.05. The van der Waals surface area contributed by atoms with Crippen molar-refractivity contribution in [3.63, 3.8) is 0 Å². The molecule has 1 fully saturated rings. The topological polar surface area (TPSA) is 111 Å². The third-order valence-corrected chi connectivity index (χ3v) is 5.70. The molecule has 0 saturated carbocycles. The van der Waals surface area contributed by atoms with Gasteiger partial charge in [-0.2, -0.15) is 0 Å². The van der Waals surface area contributed by atoms with Gasteiger partial charge in [0.05, 0.1) is 37.5 Å². The molecule has 8 nitrogen and oxygen atoms in total. The quantitative estimate of drug-likeness (QED) is 0.333. The monoisotopic (exact) mass is 440 g/mol. The van der Waals surface area contributed by atoms with Crippen molar-refractivity contribution in [3.8, 4) is 0 Å². The smallest absolute Gasteiger partial charge is 0.163 e. The van der Waals surface area contributed by atoms with Crippen molar-refractivity contribution in [2.75, 3.05) is 13.2 Å². The number of benzene rings is 2. The molecule has 0 aromatic heterocycles. The summed E-state index contributed by atoms with van der Waals surface area (Å²) in [6.07, 6.45) is -1.21. The van der Waals surface area contributed by atoms with Crippen LogP contribution < -0.4 is 0 Å². The van der Waals surface area contributed by atoms with Gasteiger partial charge in [0.1, 0.15) is 0 Å². The predicted molar refractivity (Wildman–Crippen MR) is 121 cm³/mol. The molecule has 2 aromatic rings. The number of hydrogen-bond acceptors (Lipinski definition) is 6. The average molecular weight is 441 g/mol. The van der Waals surface area contributed by atoms with Gasteiger partial charge in [0.2, 0.25) is 0 Å². The Bertz CT molecular complexity index is 833. The van der Waals surface area contributed by atoms with Crippen molar-refractivity contribution < 1.29 is 19.7 Å². The fourth-order valence-electron chi connectivity index (χ4n) is 4.04. The molecule has 3 rings (SSSR count). The van der Waals surface area contributed by atoms with Crippen LogP contribution in [0.5, 0.6) is 0 Å². The number of ether oxygens (including phenoxy) is 2. The molecule has 0 amide bonds. The summed E-state index contributed by atoms with van der Waals surface area (Å²) in [5.41, 5.74) is 11.1. The summed E-state index contributed by atoms with van der Waals surface area (Å²) in [5, 5.41) is 23.7. The molecular weight excluding hydrogens is 408 g/mol. The van der Waals surface area contributed by atoms with Crippen LogP contribution in [0.3, 0.4) is 0 Å². The van der Waals surface area contributed by atoms with Crippen molar-refractivity contribution in [1.29, 1.82) is 0 Å². The maximum Gasteiger partial charge on any atom is 0.163 e. The van der Waals surface area contributed by atoms with E-state index in [4.69, 9.17) is 15.0 Å². The van der Waals surface area contributed by atoms with Crippen LogP contribution in [-0.2, 0) is 22.6 Å². The molecule has 8 heteroatoms. The van der Waals surface area contributed by atoms with E-state index in [0.717, 1.165) is 11.1 Å². The summed E-state index contributed by atoms with van der Waals surface area (Å²) in [7, 11) is 0. The summed E-state index contributed by atoms with van der Waals surface area (Å²) >= 11 is 0. The summed E-state index contributed by atoms with van der Waals surface area (Å²) in [4.78, 5) is 5.03. The van der Waals surface area contributed by atoms with Gasteiger partial charge in [0.25, 0.3) is 0 Å². The first-order valence-electron chi connectivity index (χ1n) is 10.9. The highest BCUT2D eigenvalue weighted by Crippen LogP contribution is 2.30. The first-order chi connectivity index (χ1) is 15.4. The highest BCUT2D eigenvalue weighted by atomic mass is 16.7. The third-order valence-electron chi connectivity index (χ3n) is 5.70. The molecule has 1 aliphatic rings. The summed E-state index contributed by atoms with van der Waals surface area (Å²) in [6, 6.07) is 19.3. The van der Waals surface area contributed by atoms with Gasteiger partial charge in [-0.15, -0.1) is 0 Å². The van der Waals surface area contributed by atoms with Crippen LogP contribution in [0.2, 0.25) is 0 Å². The number of aliphatic hydroxyl groups is 2. The minimum atomic E-state index is -1.03. The standard InChI is InChI=1S/C24H32N4O4/c1-24(2)31-17-21(23(32-24)13-22(30)20(16-29)26-27-25)28(14-18-9-5-3-6-10-18)15-19-11-7-4-8-12-19/h3-12,20-23,29-30H,13-17H2,1-2H3/t20-,21-,22+,23+/m0/s1. The Labute approximate surface area is 189 Å². The van der Waals surface area contributed by atoms with Crippen LogP contribution in [0.4, 0.5) is 0 Å². The molecule has 1 heterocycles. The van der Waals surface area contributed by atoms with Crippen LogP contribution in [0, 0.1) is 0 Å².